The number of rotatable bonds is 4. The predicted molar refractivity (Wildman–Crippen MR) is 88.7 cm³/mol. The summed E-state index contributed by atoms with van der Waals surface area (Å²) < 4.78 is 5.77. The van der Waals surface area contributed by atoms with Gasteiger partial charge in [-0.2, -0.15) is 0 Å². The Bertz CT molecular complexity index is 652. The standard InChI is InChI=1S/C18H21N3O2/c1-19-14-8-11-21(12-9-14)18(22)17-13-16(7-10-20-17)23-15-5-3-2-4-6-15/h2-7,10,13-14,19H,8-9,11-12H2,1H3. The summed E-state index contributed by atoms with van der Waals surface area (Å²) in [7, 11) is 1.97. The van der Waals surface area contributed by atoms with Crippen LogP contribution in [0.1, 0.15) is 23.3 Å². The highest BCUT2D eigenvalue weighted by Gasteiger charge is 2.23. The Morgan fingerprint density at radius 1 is 1.17 bits per heavy atom. The molecule has 5 heteroatoms. The quantitative estimate of drug-likeness (QED) is 0.943. The largest absolute Gasteiger partial charge is 0.457 e. The molecule has 0 bridgehead atoms. The normalized spacial score (nSPS) is 15.4. The summed E-state index contributed by atoms with van der Waals surface area (Å²) in [5.41, 5.74) is 0.432. The number of amides is 1. The molecule has 1 aliphatic heterocycles. The van der Waals surface area contributed by atoms with E-state index in [0.29, 0.717) is 17.5 Å². The van der Waals surface area contributed by atoms with E-state index in [-0.39, 0.29) is 5.91 Å². The number of likely N-dealkylation sites (tertiary alicyclic amines) is 1. The molecule has 5 nitrogen and oxygen atoms in total. The van der Waals surface area contributed by atoms with Crippen LogP contribution in [0, 0.1) is 0 Å². The number of carbonyl (C=O) groups excluding carboxylic acids is 1. The highest BCUT2D eigenvalue weighted by atomic mass is 16.5. The number of nitrogens with one attached hydrogen (secondary N) is 1. The molecule has 120 valence electrons. The zero-order valence-electron chi connectivity index (χ0n) is 13.2. The molecule has 0 atom stereocenters. The van der Waals surface area contributed by atoms with Gasteiger partial charge in [0.05, 0.1) is 0 Å². The topological polar surface area (TPSA) is 54.5 Å². The number of aromatic nitrogens is 1. The Balaban J connectivity index is 1.68. The van der Waals surface area contributed by atoms with Crippen LogP contribution in [0.25, 0.3) is 0 Å². The second-order valence-electron chi connectivity index (χ2n) is 5.65. The van der Waals surface area contributed by atoms with E-state index in [9.17, 15) is 4.79 Å². The Morgan fingerprint density at radius 2 is 1.91 bits per heavy atom. The molecule has 1 amide bonds. The molecule has 2 aromatic rings. The second-order valence-corrected chi connectivity index (χ2v) is 5.65. The summed E-state index contributed by atoms with van der Waals surface area (Å²) in [5.74, 6) is 1.34. The van der Waals surface area contributed by atoms with Gasteiger partial charge in [-0.15, -0.1) is 0 Å². The number of pyridine rings is 1. The van der Waals surface area contributed by atoms with Gasteiger partial charge in [0.1, 0.15) is 17.2 Å². The molecule has 1 N–H and O–H groups in total. The minimum absolute atomic E-state index is 0.0296. The van der Waals surface area contributed by atoms with Gasteiger partial charge in [0, 0.05) is 31.4 Å². The van der Waals surface area contributed by atoms with Crippen molar-refractivity contribution in [2.75, 3.05) is 20.1 Å². The molecule has 1 aliphatic rings. The number of nitrogens with zero attached hydrogens (tertiary/aromatic N) is 2. The average molecular weight is 311 g/mol. The van der Waals surface area contributed by atoms with Gasteiger partial charge in [0.2, 0.25) is 0 Å². The third-order valence-corrected chi connectivity index (χ3v) is 4.12. The molecule has 0 unspecified atom stereocenters. The molecular weight excluding hydrogens is 290 g/mol. The molecule has 0 saturated carbocycles. The zero-order chi connectivity index (χ0) is 16.1. The van der Waals surface area contributed by atoms with Gasteiger partial charge in [-0.1, -0.05) is 18.2 Å². The minimum Gasteiger partial charge on any atom is -0.457 e. The van der Waals surface area contributed by atoms with Crippen LogP contribution in [0.4, 0.5) is 0 Å². The van der Waals surface area contributed by atoms with E-state index in [1.54, 1.807) is 18.3 Å². The van der Waals surface area contributed by atoms with Gasteiger partial charge >= 0.3 is 0 Å². The smallest absolute Gasteiger partial charge is 0.272 e. The fourth-order valence-electron chi connectivity index (χ4n) is 2.75. The Kier molecular flexibility index (Phi) is 4.88. The van der Waals surface area contributed by atoms with Crippen LogP contribution in [-0.4, -0.2) is 42.0 Å². The van der Waals surface area contributed by atoms with Crippen molar-refractivity contribution >= 4 is 5.91 Å². The SMILES string of the molecule is CNC1CCN(C(=O)c2cc(Oc3ccccc3)ccn2)CC1. The molecule has 1 saturated heterocycles. The molecule has 0 spiro atoms. The average Bonchev–Trinajstić information content (AvgIpc) is 2.62. The molecule has 2 heterocycles. The van der Waals surface area contributed by atoms with Gasteiger partial charge in [-0.05, 0) is 38.1 Å². The van der Waals surface area contributed by atoms with E-state index in [4.69, 9.17) is 4.74 Å². The molecule has 0 radical (unpaired) electrons. The number of piperidine rings is 1. The highest BCUT2D eigenvalue weighted by molar-refractivity contribution is 5.92. The summed E-state index contributed by atoms with van der Waals surface area (Å²) in [6.07, 6.45) is 3.57. The summed E-state index contributed by atoms with van der Waals surface area (Å²) in [5, 5.41) is 3.27. The van der Waals surface area contributed by atoms with Crippen molar-refractivity contribution in [3.63, 3.8) is 0 Å². The molecule has 3 rings (SSSR count). The summed E-state index contributed by atoms with van der Waals surface area (Å²) in [6, 6.07) is 13.5. The van der Waals surface area contributed by atoms with Gasteiger partial charge in [0.15, 0.2) is 0 Å². The number of hydrogen-bond acceptors (Lipinski definition) is 4. The monoisotopic (exact) mass is 311 g/mol. The number of hydrogen-bond donors (Lipinski definition) is 1. The van der Waals surface area contributed by atoms with E-state index in [2.05, 4.69) is 10.3 Å². The van der Waals surface area contributed by atoms with Crippen molar-refractivity contribution < 1.29 is 9.53 Å². The maximum Gasteiger partial charge on any atom is 0.272 e. The van der Waals surface area contributed by atoms with E-state index in [1.165, 1.54) is 0 Å². The Morgan fingerprint density at radius 3 is 2.61 bits per heavy atom. The van der Waals surface area contributed by atoms with E-state index in [0.717, 1.165) is 31.7 Å². The Hall–Kier alpha value is -2.40. The molecular formula is C18H21N3O2. The summed E-state index contributed by atoms with van der Waals surface area (Å²) in [4.78, 5) is 18.7. The van der Waals surface area contributed by atoms with Crippen LogP contribution in [0.3, 0.4) is 0 Å². The zero-order valence-corrected chi connectivity index (χ0v) is 13.2. The summed E-state index contributed by atoms with van der Waals surface area (Å²) >= 11 is 0. The number of benzene rings is 1. The van der Waals surface area contributed by atoms with Crippen LogP contribution in [0.5, 0.6) is 11.5 Å². The van der Waals surface area contributed by atoms with Gasteiger partial charge in [0.25, 0.3) is 5.91 Å². The fourth-order valence-corrected chi connectivity index (χ4v) is 2.75. The first kappa shape index (κ1) is 15.5. The molecule has 1 aromatic heterocycles. The van der Waals surface area contributed by atoms with Crippen molar-refractivity contribution in [2.24, 2.45) is 0 Å². The number of para-hydroxylation sites is 1. The lowest BCUT2D eigenvalue weighted by Gasteiger charge is -2.31. The minimum atomic E-state index is -0.0296. The Labute approximate surface area is 136 Å². The number of ether oxygens (including phenoxy) is 1. The van der Waals surface area contributed by atoms with Crippen molar-refractivity contribution in [1.82, 2.24) is 15.2 Å². The maximum atomic E-state index is 12.6. The molecule has 1 fully saturated rings. The first-order valence-corrected chi connectivity index (χ1v) is 7.92. The van der Waals surface area contributed by atoms with Crippen molar-refractivity contribution in [3.05, 3.63) is 54.4 Å². The van der Waals surface area contributed by atoms with E-state index in [1.807, 2.05) is 42.3 Å². The highest BCUT2D eigenvalue weighted by Crippen LogP contribution is 2.22. The lowest BCUT2D eigenvalue weighted by atomic mass is 10.1. The first-order chi connectivity index (χ1) is 11.3. The van der Waals surface area contributed by atoms with Crippen molar-refractivity contribution in [2.45, 2.75) is 18.9 Å². The van der Waals surface area contributed by atoms with Crippen molar-refractivity contribution in [3.8, 4) is 11.5 Å². The van der Waals surface area contributed by atoms with Crippen molar-refractivity contribution in [1.29, 1.82) is 0 Å². The second kappa shape index (κ2) is 7.24. The molecule has 1 aromatic carbocycles. The molecule has 0 aliphatic carbocycles. The van der Waals surface area contributed by atoms with Crippen LogP contribution in [-0.2, 0) is 0 Å². The third kappa shape index (κ3) is 3.87. The third-order valence-electron chi connectivity index (χ3n) is 4.12. The lowest BCUT2D eigenvalue weighted by Crippen LogP contribution is -2.44. The van der Waals surface area contributed by atoms with E-state index >= 15 is 0 Å². The van der Waals surface area contributed by atoms with Crippen LogP contribution < -0.4 is 10.1 Å². The number of carbonyl (C=O) groups is 1. The van der Waals surface area contributed by atoms with Gasteiger partial charge in [-0.25, -0.2) is 0 Å². The summed E-state index contributed by atoms with van der Waals surface area (Å²) in [6.45, 7) is 1.52. The first-order valence-electron chi connectivity index (χ1n) is 7.92. The van der Waals surface area contributed by atoms with Crippen LogP contribution in [0.15, 0.2) is 48.7 Å². The van der Waals surface area contributed by atoms with E-state index < -0.39 is 0 Å². The van der Waals surface area contributed by atoms with Gasteiger partial charge < -0.3 is 15.0 Å². The van der Waals surface area contributed by atoms with Gasteiger partial charge in [-0.3, -0.25) is 9.78 Å². The van der Waals surface area contributed by atoms with Crippen LogP contribution >= 0.6 is 0 Å². The fraction of sp³-hybridized carbons (Fsp3) is 0.333. The molecule has 23 heavy (non-hydrogen) atoms. The van der Waals surface area contributed by atoms with Crippen LogP contribution in [0.2, 0.25) is 0 Å². The predicted octanol–water partition coefficient (Wildman–Crippen LogP) is 2.70. The lowest BCUT2D eigenvalue weighted by molar-refractivity contribution is 0.0701. The maximum absolute atomic E-state index is 12.6.